The molecule has 1 heterocycles. The number of unbranched alkanes of at least 4 members (excludes halogenated alkanes) is 2. The molecule has 0 aliphatic heterocycles. The van der Waals surface area contributed by atoms with Crippen LogP contribution in [0.2, 0.25) is 0 Å². The first-order chi connectivity index (χ1) is 12.4. The predicted molar refractivity (Wildman–Crippen MR) is 101 cm³/mol. The largest absolute Gasteiger partial charge is 0.282 e. The van der Waals surface area contributed by atoms with Crippen molar-refractivity contribution < 1.29 is 8.42 Å². The Morgan fingerprint density at radius 1 is 1.15 bits per heavy atom. The third kappa shape index (κ3) is 6.07. The molecule has 1 aromatic carbocycles. The Bertz CT molecular complexity index is 837. The van der Waals surface area contributed by atoms with E-state index in [1.807, 2.05) is 7.05 Å². The number of aromatic nitrogens is 2. The van der Waals surface area contributed by atoms with Crippen LogP contribution >= 0.6 is 0 Å². The van der Waals surface area contributed by atoms with Gasteiger partial charge in [-0.3, -0.25) is 5.01 Å². The predicted octanol–water partition coefficient (Wildman–Crippen LogP) is 3.71. The number of anilines is 1. The molecular formula is C17H24N6O2S. The van der Waals surface area contributed by atoms with Gasteiger partial charge >= 0.3 is 0 Å². The Morgan fingerprint density at radius 2 is 1.88 bits per heavy atom. The Kier molecular flexibility index (Phi) is 7.02. The summed E-state index contributed by atoms with van der Waals surface area (Å²) in [6, 6.07) is 7.86. The van der Waals surface area contributed by atoms with Gasteiger partial charge in [0.25, 0.3) is 10.0 Å². The fraction of sp³-hybridized carbons (Fsp3) is 0.412. The quantitative estimate of drug-likeness (QED) is 0.408. The van der Waals surface area contributed by atoms with Gasteiger partial charge in [0, 0.05) is 25.5 Å². The van der Waals surface area contributed by atoms with Crippen molar-refractivity contribution in [2.75, 3.05) is 18.3 Å². The van der Waals surface area contributed by atoms with Crippen LogP contribution in [0.25, 0.3) is 0 Å². The molecule has 0 unspecified atom stereocenters. The summed E-state index contributed by atoms with van der Waals surface area (Å²) < 4.78 is 27.1. The summed E-state index contributed by atoms with van der Waals surface area (Å²) in [6.07, 6.45) is 4.88. The van der Waals surface area contributed by atoms with Crippen LogP contribution in [0.15, 0.2) is 51.8 Å². The molecule has 0 amide bonds. The Morgan fingerprint density at radius 3 is 2.54 bits per heavy atom. The smallest absolute Gasteiger partial charge is 0.264 e. The average Bonchev–Trinajstić information content (AvgIpc) is 2.60. The first-order valence-electron chi connectivity index (χ1n) is 8.46. The molecule has 0 bridgehead atoms. The van der Waals surface area contributed by atoms with Gasteiger partial charge in [-0.15, -0.1) is 5.11 Å². The van der Waals surface area contributed by atoms with Gasteiger partial charge in [-0.05, 0) is 43.7 Å². The second kappa shape index (κ2) is 9.23. The van der Waals surface area contributed by atoms with E-state index >= 15 is 0 Å². The second-order valence-corrected chi connectivity index (χ2v) is 7.58. The molecule has 0 radical (unpaired) electrons. The van der Waals surface area contributed by atoms with Gasteiger partial charge in [0.1, 0.15) is 0 Å². The molecular weight excluding hydrogens is 352 g/mol. The number of nitrogens with one attached hydrogen (secondary N) is 1. The summed E-state index contributed by atoms with van der Waals surface area (Å²) in [5.74, 6) is 0.0440. The van der Waals surface area contributed by atoms with Crippen LogP contribution in [0.4, 0.5) is 11.6 Å². The highest BCUT2D eigenvalue weighted by molar-refractivity contribution is 7.92. The van der Waals surface area contributed by atoms with E-state index in [1.54, 1.807) is 30.1 Å². The fourth-order valence-corrected chi connectivity index (χ4v) is 3.08. The molecule has 0 aliphatic carbocycles. The molecule has 0 fully saturated rings. The van der Waals surface area contributed by atoms with Crippen molar-refractivity contribution in [3.63, 3.8) is 0 Å². The molecule has 0 spiro atoms. The Hall–Kier alpha value is -2.55. The van der Waals surface area contributed by atoms with Gasteiger partial charge in [-0.1, -0.05) is 25.0 Å². The number of hydrogen-bond acceptors (Lipinski definition) is 6. The summed E-state index contributed by atoms with van der Waals surface area (Å²) in [7, 11) is -1.89. The van der Waals surface area contributed by atoms with E-state index in [0.717, 1.165) is 25.8 Å². The van der Waals surface area contributed by atoms with Crippen LogP contribution in [-0.4, -0.2) is 37.0 Å². The minimum absolute atomic E-state index is 0.0440. The maximum atomic E-state index is 12.4. The average molecular weight is 376 g/mol. The van der Waals surface area contributed by atoms with E-state index in [4.69, 9.17) is 0 Å². The number of nitrogens with zero attached hydrogens (tertiary/aromatic N) is 5. The molecule has 0 saturated heterocycles. The zero-order valence-corrected chi connectivity index (χ0v) is 16.1. The summed E-state index contributed by atoms with van der Waals surface area (Å²) in [5, 5.41) is 10.00. The van der Waals surface area contributed by atoms with Crippen molar-refractivity contribution in [2.24, 2.45) is 10.3 Å². The standard InChI is InChI=1S/C17H24N6O2S/c1-4-5-6-13-23(3)22-20-15-7-9-16(10-8-15)26(24,25)21-17-18-12-11-14(2)19-17/h7-12H,4-6,13H2,1-3H3,(H,18,19,21). The van der Waals surface area contributed by atoms with Crippen LogP contribution in [0.1, 0.15) is 31.9 Å². The van der Waals surface area contributed by atoms with E-state index in [0.29, 0.717) is 11.4 Å². The zero-order valence-electron chi connectivity index (χ0n) is 15.3. The summed E-state index contributed by atoms with van der Waals surface area (Å²) in [4.78, 5) is 8.06. The fourth-order valence-electron chi connectivity index (χ4n) is 2.13. The lowest BCUT2D eigenvalue weighted by atomic mass is 10.2. The lowest BCUT2D eigenvalue weighted by Crippen LogP contribution is -2.15. The lowest BCUT2D eigenvalue weighted by Gasteiger charge is -2.10. The van der Waals surface area contributed by atoms with E-state index < -0.39 is 10.0 Å². The molecule has 0 aliphatic rings. The van der Waals surface area contributed by atoms with Crippen molar-refractivity contribution >= 4 is 21.7 Å². The van der Waals surface area contributed by atoms with Gasteiger partial charge in [0.15, 0.2) is 0 Å². The van der Waals surface area contributed by atoms with Crippen molar-refractivity contribution in [3.8, 4) is 0 Å². The summed E-state index contributed by atoms with van der Waals surface area (Å²) in [6.45, 7) is 4.75. The number of sulfonamides is 1. The van der Waals surface area contributed by atoms with Crippen LogP contribution < -0.4 is 4.72 Å². The monoisotopic (exact) mass is 376 g/mol. The van der Waals surface area contributed by atoms with Crippen molar-refractivity contribution in [1.82, 2.24) is 15.0 Å². The highest BCUT2D eigenvalue weighted by atomic mass is 32.2. The van der Waals surface area contributed by atoms with E-state index in [9.17, 15) is 8.42 Å². The maximum Gasteiger partial charge on any atom is 0.264 e. The van der Waals surface area contributed by atoms with Crippen LogP contribution in [0.3, 0.4) is 0 Å². The normalized spacial score (nSPS) is 11.7. The lowest BCUT2D eigenvalue weighted by molar-refractivity contribution is 0.323. The molecule has 1 N–H and O–H groups in total. The minimum Gasteiger partial charge on any atom is -0.282 e. The summed E-state index contributed by atoms with van der Waals surface area (Å²) in [5.41, 5.74) is 1.26. The molecule has 1 aromatic heterocycles. The van der Waals surface area contributed by atoms with Gasteiger partial charge < -0.3 is 0 Å². The van der Waals surface area contributed by atoms with Crippen molar-refractivity contribution in [2.45, 2.75) is 38.0 Å². The highest BCUT2D eigenvalue weighted by Gasteiger charge is 2.15. The zero-order chi connectivity index (χ0) is 19.0. The Balaban J connectivity index is 2.01. The van der Waals surface area contributed by atoms with Crippen molar-refractivity contribution in [1.29, 1.82) is 0 Å². The first-order valence-corrected chi connectivity index (χ1v) is 9.94. The number of benzene rings is 1. The maximum absolute atomic E-state index is 12.4. The molecule has 140 valence electrons. The SMILES string of the molecule is CCCCCN(C)N=Nc1ccc(S(=O)(=O)Nc2nccc(C)n2)cc1. The minimum atomic E-state index is -3.75. The number of hydrogen-bond donors (Lipinski definition) is 1. The molecule has 0 saturated carbocycles. The van der Waals surface area contributed by atoms with Crippen molar-refractivity contribution in [3.05, 3.63) is 42.2 Å². The first kappa shape index (κ1) is 19.8. The molecule has 8 nitrogen and oxygen atoms in total. The Labute approximate surface area is 154 Å². The van der Waals surface area contributed by atoms with Crippen LogP contribution in [-0.2, 0) is 10.0 Å². The van der Waals surface area contributed by atoms with E-state index in [1.165, 1.54) is 18.3 Å². The molecule has 9 heteroatoms. The van der Waals surface area contributed by atoms with Gasteiger partial charge in [0.2, 0.25) is 5.95 Å². The third-order valence-corrected chi connectivity index (χ3v) is 4.91. The van der Waals surface area contributed by atoms with E-state index in [-0.39, 0.29) is 10.8 Å². The highest BCUT2D eigenvalue weighted by Crippen LogP contribution is 2.19. The molecule has 26 heavy (non-hydrogen) atoms. The van der Waals surface area contributed by atoms with Crippen LogP contribution in [0.5, 0.6) is 0 Å². The van der Waals surface area contributed by atoms with Gasteiger partial charge in [0.05, 0.1) is 10.6 Å². The van der Waals surface area contributed by atoms with E-state index in [2.05, 4.69) is 32.0 Å². The third-order valence-electron chi connectivity index (χ3n) is 3.57. The molecule has 2 aromatic rings. The summed E-state index contributed by atoms with van der Waals surface area (Å²) >= 11 is 0. The molecule has 0 atom stereocenters. The number of aryl methyl sites for hydroxylation is 1. The molecule has 2 rings (SSSR count). The van der Waals surface area contributed by atoms with Gasteiger partial charge in [-0.2, -0.15) is 0 Å². The topological polar surface area (TPSA) is 99.9 Å². The van der Waals surface area contributed by atoms with Crippen LogP contribution in [0, 0.1) is 6.92 Å². The van der Waals surface area contributed by atoms with Gasteiger partial charge in [-0.25, -0.2) is 23.1 Å². The second-order valence-electron chi connectivity index (χ2n) is 5.90. The number of rotatable bonds is 9.